The fourth-order valence-electron chi connectivity index (χ4n) is 4.75. The predicted molar refractivity (Wildman–Crippen MR) is 188 cm³/mol. The Morgan fingerprint density at radius 3 is 1.78 bits per heavy atom. The molecule has 17 nitrogen and oxygen atoms in total. The zero-order valence-electron chi connectivity index (χ0n) is 29.3. The Bertz CT molecular complexity index is 1540. The maximum atomic E-state index is 13.2. The maximum Gasteiger partial charge on any atom is 0.327 e. The summed E-state index contributed by atoms with van der Waals surface area (Å²) in [7, 11) is 0. The average Bonchev–Trinajstić information content (AvgIpc) is 3.01. The largest absolute Gasteiger partial charge is 0.480 e. The molecule has 0 radical (unpaired) electrons. The molecule has 8 N–H and O–H groups in total. The summed E-state index contributed by atoms with van der Waals surface area (Å²) in [4.78, 5) is 84.4. The molecule has 0 fully saturated rings. The summed E-state index contributed by atoms with van der Waals surface area (Å²) in [5, 5.41) is 45.5. The highest BCUT2D eigenvalue weighted by atomic mass is 16.6. The van der Waals surface area contributed by atoms with Gasteiger partial charge in [0.2, 0.25) is 17.7 Å². The zero-order chi connectivity index (χ0) is 38.3. The Morgan fingerprint density at radius 2 is 1.29 bits per heavy atom. The Morgan fingerprint density at radius 1 is 0.765 bits per heavy atom. The molecule has 0 aromatic heterocycles. The van der Waals surface area contributed by atoms with Gasteiger partial charge in [0.1, 0.15) is 18.1 Å². The number of benzene rings is 2. The molecule has 3 unspecified atom stereocenters. The van der Waals surface area contributed by atoms with Crippen LogP contribution in [0.1, 0.15) is 59.4 Å². The summed E-state index contributed by atoms with van der Waals surface area (Å²) in [5.41, 5.74) is 0.875. The summed E-state index contributed by atoms with van der Waals surface area (Å²) >= 11 is 0. The van der Waals surface area contributed by atoms with Crippen molar-refractivity contribution in [3.63, 3.8) is 0 Å². The minimum atomic E-state index is -1.39. The number of rotatable bonds is 19. The minimum absolute atomic E-state index is 0.0239. The number of hydrogen-bond donors (Lipinski definition) is 8. The van der Waals surface area contributed by atoms with Crippen molar-refractivity contribution >= 4 is 52.8 Å². The van der Waals surface area contributed by atoms with Crippen LogP contribution >= 0.6 is 0 Å². The quantitative estimate of drug-likeness (QED) is 0.0596. The highest BCUT2D eigenvalue weighted by Crippen LogP contribution is 2.18. The molecule has 0 aliphatic carbocycles. The van der Waals surface area contributed by atoms with Crippen LogP contribution in [0.15, 0.2) is 48.5 Å². The number of amides is 5. The lowest BCUT2D eigenvalue weighted by Crippen LogP contribution is -2.55. The van der Waals surface area contributed by atoms with E-state index in [4.69, 9.17) is 0 Å². The van der Waals surface area contributed by atoms with Crippen LogP contribution in [0.3, 0.4) is 0 Å². The third-order valence-electron chi connectivity index (χ3n) is 7.17. The van der Waals surface area contributed by atoms with E-state index in [9.17, 15) is 49.1 Å². The molecule has 0 saturated heterocycles. The summed E-state index contributed by atoms with van der Waals surface area (Å²) in [6.07, 6.45) is 0.213. The average molecular weight is 714 g/mol. The Kier molecular flexibility index (Phi) is 16.0. The molecule has 0 aliphatic heterocycles. The van der Waals surface area contributed by atoms with E-state index in [2.05, 4.69) is 31.9 Å². The highest BCUT2D eigenvalue weighted by molar-refractivity contribution is 5.99. The van der Waals surface area contributed by atoms with E-state index in [-0.39, 0.29) is 55.8 Å². The first-order chi connectivity index (χ1) is 23.8. The molecule has 0 aliphatic rings. The number of carbonyl (C=O) groups is 6. The molecule has 2 rings (SSSR count). The van der Waals surface area contributed by atoms with Gasteiger partial charge in [0.05, 0.1) is 11.3 Å². The van der Waals surface area contributed by atoms with Gasteiger partial charge < -0.3 is 42.1 Å². The molecule has 0 heterocycles. The number of nitrogens with zero attached hydrogens (tertiary/aromatic N) is 1. The van der Waals surface area contributed by atoms with Gasteiger partial charge in [-0.2, -0.15) is 0 Å². The Balaban J connectivity index is 1.91. The zero-order valence-corrected chi connectivity index (χ0v) is 29.3. The maximum absolute atomic E-state index is 13.2. The number of carboxylic acids is 2. The molecule has 2 aromatic carbocycles. The van der Waals surface area contributed by atoms with Crippen molar-refractivity contribution in [2.45, 2.75) is 78.4 Å². The standard InChI is InChI=1S/C34H47N7O10/c1-20(2)16-26(30(44)40-27(32(47)48)19-35-15-14-25(31(45)46)38-29(43)18-34(3,4)5)39-28(42)17-21-6-8-22(9-7-21)36-33(49)37-23-10-12-24(13-11-23)41(50)51/h6-13,20,25-27,35H,14-19H2,1-5H3,(H,38,43)(H,39,42)(H,40,44)(H,45,46)(H,47,48)(H2,36,37,49). The SMILES string of the molecule is CC(C)CC(NC(=O)Cc1ccc(NC(=O)Nc2ccc([N+](=O)[O-])cc2)cc1)C(=O)NC(CNCCC(NC(=O)CC(C)(C)C)C(=O)O)C(=O)O. The third-order valence-corrected chi connectivity index (χ3v) is 7.17. The van der Waals surface area contributed by atoms with Gasteiger partial charge in [-0.05, 0) is 60.5 Å². The number of anilines is 2. The van der Waals surface area contributed by atoms with Crippen molar-refractivity contribution in [1.82, 2.24) is 21.3 Å². The first-order valence-electron chi connectivity index (χ1n) is 16.3. The second-order valence-electron chi connectivity index (χ2n) is 13.6. The summed E-state index contributed by atoms with van der Waals surface area (Å²) < 4.78 is 0. The van der Waals surface area contributed by atoms with Gasteiger partial charge in [0.25, 0.3) is 5.69 Å². The number of aliphatic carboxylic acids is 2. The predicted octanol–water partition coefficient (Wildman–Crippen LogP) is 2.87. The first-order valence-corrected chi connectivity index (χ1v) is 16.3. The lowest BCUT2D eigenvalue weighted by molar-refractivity contribution is -0.384. The van der Waals surface area contributed by atoms with Crippen molar-refractivity contribution in [1.29, 1.82) is 0 Å². The lowest BCUT2D eigenvalue weighted by atomic mass is 9.92. The number of nitrogens with one attached hydrogen (secondary N) is 6. The first kappa shape index (κ1) is 41.6. The van der Waals surface area contributed by atoms with E-state index in [0.29, 0.717) is 16.9 Å². The van der Waals surface area contributed by atoms with Gasteiger partial charge in [-0.1, -0.05) is 46.8 Å². The normalized spacial score (nSPS) is 12.9. The van der Waals surface area contributed by atoms with Gasteiger partial charge in [-0.15, -0.1) is 0 Å². The third kappa shape index (κ3) is 16.1. The van der Waals surface area contributed by atoms with Gasteiger partial charge >= 0.3 is 18.0 Å². The van der Waals surface area contributed by atoms with Crippen molar-refractivity contribution < 1.29 is 43.9 Å². The molecular formula is C34H47N7O10. The van der Waals surface area contributed by atoms with Crippen LogP contribution in [-0.2, 0) is 30.4 Å². The molecule has 51 heavy (non-hydrogen) atoms. The van der Waals surface area contributed by atoms with Crippen LogP contribution in [0.2, 0.25) is 0 Å². The molecule has 0 saturated carbocycles. The minimum Gasteiger partial charge on any atom is -0.480 e. The van der Waals surface area contributed by atoms with Gasteiger partial charge in [0.15, 0.2) is 0 Å². The number of hydrogen-bond acceptors (Lipinski definition) is 9. The summed E-state index contributed by atoms with van der Waals surface area (Å²) in [6.45, 7) is 9.02. The fourth-order valence-corrected chi connectivity index (χ4v) is 4.75. The second-order valence-corrected chi connectivity index (χ2v) is 13.6. The van der Waals surface area contributed by atoms with E-state index >= 15 is 0 Å². The fraction of sp³-hybridized carbons (Fsp3) is 0.471. The van der Waals surface area contributed by atoms with Gasteiger partial charge in [-0.3, -0.25) is 24.5 Å². The number of carboxylic acid groups (broad SMARTS) is 2. The van der Waals surface area contributed by atoms with E-state index in [1.54, 1.807) is 24.3 Å². The summed E-state index contributed by atoms with van der Waals surface area (Å²) in [6, 6.07) is 7.45. The smallest absolute Gasteiger partial charge is 0.327 e. The molecule has 3 atom stereocenters. The van der Waals surface area contributed by atoms with Crippen LogP contribution < -0.4 is 31.9 Å². The monoisotopic (exact) mass is 713 g/mol. The van der Waals surface area contributed by atoms with Crippen molar-refractivity contribution in [3.05, 3.63) is 64.2 Å². The number of urea groups is 1. The molecule has 0 bridgehead atoms. The van der Waals surface area contributed by atoms with Crippen LogP contribution in [0.4, 0.5) is 21.9 Å². The second kappa shape index (κ2) is 19.6. The van der Waals surface area contributed by atoms with Gasteiger partial charge in [-0.25, -0.2) is 14.4 Å². The molecule has 2 aromatic rings. The molecule has 17 heteroatoms. The van der Waals surface area contributed by atoms with E-state index in [0.717, 1.165) is 0 Å². The van der Waals surface area contributed by atoms with Crippen molar-refractivity contribution in [2.24, 2.45) is 11.3 Å². The lowest BCUT2D eigenvalue weighted by Gasteiger charge is -2.23. The van der Waals surface area contributed by atoms with Crippen LogP contribution in [0, 0.1) is 21.4 Å². The van der Waals surface area contributed by atoms with E-state index < -0.39 is 58.7 Å². The molecule has 278 valence electrons. The van der Waals surface area contributed by atoms with Gasteiger partial charge in [0, 0.05) is 36.5 Å². The Labute approximate surface area is 295 Å². The molecule has 5 amide bonds. The Hall–Kier alpha value is -5.58. The topological polar surface area (TPSA) is 258 Å². The van der Waals surface area contributed by atoms with Crippen LogP contribution in [0.25, 0.3) is 0 Å². The highest BCUT2D eigenvalue weighted by Gasteiger charge is 2.28. The number of carbonyl (C=O) groups excluding carboxylic acids is 4. The van der Waals surface area contributed by atoms with Crippen LogP contribution in [-0.4, -0.2) is 82.0 Å². The number of nitro groups is 1. The van der Waals surface area contributed by atoms with Crippen molar-refractivity contribution in [3.8, 4) is 0 Å². The molecular weight excluding hydrogens is 666 g/mol. The van der Waals surface area contributed by atoms with Crippen LogP contribution in [0.5, 0.6) is 0 Å². The van der Waals surface area contributed by atoms with Crippen molar-refractivity contribution in [2.75, 3.05) is 23.7 Å². The van der Waals surface area contributed by atoms with E-state index in [1.165, 1.54) is 24.3 Å². The summed E-state index contributed by atoms with van der Waals surface area (Å²) in [5.74, 6) is -4.22. The number of non-ortho nitro benzene ring substituents is 1. The van der Waals surface area contributed by atoms with E-state index in [1.807, 2.05) is 34.6 Å². The number of nitro benzene ring substituents is 1. The molecule has 0 spiro atoms.